The lowest BCUT2D eigenvalue weighted by molar-refractivity contribution is 0.110. The zero-order chi connectivity index (χ0) is 12.4. The second-order valence-corrected chi connectivity index (χ2v) is 5.11. The molecular weight excluding hydrogens is 248 g/mol. The van der Waals surface area contributed by atoms with Crippen LogP contribution in [0, 0.1) is 0 Å². The SMILES string of the molecule is Clc1c(CNCC2CCCO2)[nH]c2ccccc12. The van der Waals surface area contributed by atoms with Gasteiger partial charge in [0.1, 0.15) is 0 Å². The second-order valence-electron chi connectivity index (χ2n) is 4.73. The molecule has 1 unspecified atom stereocenters. The lowest BCUT2D eigenvalue weighted by Crippen LogP contribution is -2.25. The van der Waals surface area contributed by atoms with Gasteiger partial charge in [0.05, 0.1) is 11.1 Å². The van der Waals surface area contributed by atoms with Crippen LogP contribution in [-0.2, 0) is 11.3 Å². The van der Waals surface area contributed by atoms with Crippen molar-refractivity contribution in [2.24, 2.45) is 0 Å². The Morgan fingerprint density at radius 2 is 2.28 bits per heavy atom. The van der Waals surface area contributed by atoms with E-state index in [1.165, 1.54) is 6.42 Å². The third-order valence-electron chi connectivity index (χ3n) is 3.41. The standard InChI is InChI=1S/C14H17ClN2O/c15-14-11-5-1-2-6-12(11)17-13(14)9-16-8-10-4-3-7-18-10/h1-2,5-6,10,16-17H,3-4,7-9H2. The van der Waals surface area contributed by atoms with Crippen molar-refractivity contribution in [3.8, 4) is 0 Å². The fraction of sp³-hybridized carbons (Fsp3) is 0.429. The number of hydrogen-bond donors (Lipinski definition) is 2. The van der Waals surface area contributed by atoms with E-state index < -0.39 is 0 Å². The van der Waals surface area contributed by atoms with Gasteiger partial charge >= 0.3 is 0 Å². The predicted molar refractivity (Wildman–Crippen MR) is 74.0 cm³/mol. The Balaban J connectivity index is 1.65. The van der Waals surface area contributed by atoms with Crippen LogP contribution in [-0.4, -0.2) is 24.2 Å². The predicted octanol–water partition coefficient (Wildman–Crippen LogP) is 3.09. The van der Waals surface area contributed by atoms with Crippen molar-refractivity contribution in [1.29, 1.82) is 0 Å². The Morgan fingerprint density at radius 1 is 1.39 bits per heavy atom. The van der Waals surface area contributed by atoms with E-state index in [-0.39, 0.29) is 0 Å². The van der Waals surface area contributed by atoms with Crippen molar-refractivity contribution < 1.29 is 4.74 Å². The van der Waals surface area contributed by atoms with E-state index in [1.54, 1.807) is 0 Å². The Morgan fingerprint density at radius 3 is 3.06 bits per heavy atom. The van der Waals surface area contributed by atoms with Gasteiger partial charge in [0, 0.05) is 36.3 Å². The number of ether oxygens (including phenoxy) is 1. The summed E-state index contributed by atoms with van der Waals surface area (Å²) in [6.45, 7) is 2.55. The summed E-state index contributed by atoms with van der Waals surface area (Å²) in [5.41, 5.74) is 2.15. The first-order chi connectivity index (χ1) is 8.84. The van der Waals surface area contributed by atoms with Crippen LogP contribution in [0.4, 0.5) is 0 Å². The average molecular weight is 265 g/mol. The molecule has 2 heterocycles. The van der Waals surface area contributed by atoms with E-state index in [4.69, 9.17) is 16.3 Å². The Kier molecular flexibility index (Phi) is 3.55. The summed E-state index contributed by atoms with van der Waals surface area (Å²) in [7, 11) is 0. The highest BCUT2D eigenvalue weighted by molar-refractivity contribution is 6.36. The quantitative estimate of drug-likeness (QED) is 0.890. The van der Waals surface area contributed by atoms with E-state index in [0.717, 1.165) is 47.7 Å². The first kappa shape index (κ1) is 12.0. The van der Waals surface area contributed by atoms with Crippen LogP contribution >= 0.6 is 11.6 Å². The van der Waals surface area contributed by atoms with Crippen molar-refractivity contribution >= 4 is 22.5 Å². The Labute approximate surface area is 111 Å². The molecule has 0 bridgehead atoms. The summed E-state index contributed by atoms with van der Waals surface area (Å²) in [5.74, 6) is 0. The van der Waals surface area contributed by atoms with E-state index >= 15 is 0 Å². The highest BCUT2D eigenvalue weighted by Gasteiger charge is 2.15. The number of benzene rings is 1. The summed E-state index contributed by atoms with van der Waals surface area (Å²) in [6.07, 6.45) is 2.71. The van der Waals surface area contributed by atoms with E-state index in [1.807, 2.05) is 24.3 Å². The maximum Gasteiger partial charge on any atom is 0.0705 e. The van der Waals surface area contributed by atoms with Crippen molar-refractivity contribution in [2.45, 2.75) is 25.5 Å². The third kappa shape index (κ3) is 2.39. The second kappa shape index (κ2) is 5.31. The van der Waals surface area contributed by atoms with E-state index in [0.29, 0.717) is 6.10 Å². The number of nitrogens with one attached hydrogen (secondary N) is 2. The van der Waals surface area contributed by atoms with Gasteiger partial charge < -0.3 is 15.0 Å². The molecule has 3 rings (SSSR count). The van der Waals surface area contributed by atoms with Gasteiger partial charge in [-0.1, -0.05) is 29.8 Å². The number of para-hydroxylation sites is 1. The van der Waals surface area contributed by atoms with Crippen LogP contribution in [0.15, 0.2) is 24.3 Å². The number of H-pyrrole nitrogens is 1. The number of halogens is 1. The molecule has 1 aliphatic rings. The summed E-state index contributed by atoms with van der Waals surface area (Å²) >= 11 is 6.35. The third-order valence-corrected chi connectivity index (χ3v) is 3.84. The average Bonchev–Trinajstić information content (AvgIpc) is 3.00. The van der Waals surface area contributed by atoms with Crippen LogP contribution in [0.5, 0.6) is 0 Å². The molecule has 1 aliphatic heterocycles. The zero-order valence-electron chi connectivity index (χ0n) is 10.2. The van der Waals surface area contributed by atoms with Gasteiger partial charge in [0.2, 0.25) is 0 Å². The molecule has 3 nitrogen and oxygen atoms in total. The molecule has 2 N–H and O–H groups in total. The molecule has 18 heavy (non-hydrogen) atoms. The first-order valence-electron chi connectivity index (χ1n) is 6.42. The minimum absolute atomic E-state index is 0.369. The van der Waals surface area contributed by atoms with Gasteiger partial charge in [-0.05, 0) is 18.9 Å². The molecule has 0 radical (unpaired) electrons. The lowest BCUT2D eigenvalue weighted by atomic mass is 10.2. The molecular formula is C14H17ClN2O. The molecule has 2 aromatic rings. The fourth-order valence-electron chi connectivity index (χ4n) is 2.45. The minimum Gasteiger partial charge on any atom is -0.377 e. The van der Waals surface area contributed by atoms with Crippen LogP contribution in [0.1, 0.15) is 18.5 Å². The maximum atomic E-state index is 6.35. The van der Waals surface area contributed by atoms with Crippen LogP contribution < -0.4 is 5.32 Å². The molecule has 0 aliphatic carbocycles. The molecule has 0 saturated carbocycles. The van der Waals surface area contributed by atoms with Crippen LogP contribution in [0.25, 0.3) is 10.9 Å². The monoisotopic (exact) mass is 264 g/mol. The maximum absolute atomic E-state index is 6.35. The fourth-order valence-corrected chi connectivity index (χ4v) is 2.73. The highest BCUT2D eigenvalue weighted by atomic mass is 35.5. The molecule has 1 atom stereocenters. The molecule has 0 amide bonds. The highest BCUT2D eigenvalue weighted by Crippen LogP contribution is 2.26. The van der Waals surface area contributed by atoms with Gasteiger partial charge in [-0.2, -0.15) is 0 Å². The lowest BCUT2D eigenvalue weighted by Gasteiger charge is -2.10. The Hall–Kier alpha value is -1.03. The molecule has 0 spiro atoms. The number of hydrogen-bond acceptors (Lipinski definition) is 2. The van der Waals surface area contributed by atoms with Gasteiger partial charge in [-0.25, -0.2) is 0 Å². The summed E-state index contributed by atoms with van der Waals surface area (Å²) < 4.78 is 5.57. The number of aromatic nitrogens is 1. The largest absolute Gasteiger partial charge is 0.377 e. The summed E-state index contributed by atoms with van der Waals surface area (Å²) in [5, 5.41) is 5.32. The van der Waals surface area contributed by atoms with Crippen molar-refractivity contribution in [2.75, 3.05) is 13.2 Å². The molecule has 4 heteroatoms. The van der Waals surface area contributed by atoms with Crippen molar-refractivity contribution in [1.82, 2.24) is 10.3 Å². The van der Waals surface area contributed by atoms with Crippen LogP contribution in [0.2, 0.25) is 5.02 Å². The van der Waals surface area contributed by atoms with Crippen molar-refractivity contribution in [3.05, 3.63) is 35.0 Å². The van der Waals surface area contributed by atoms with Crippen LogP contribution in [0.3, 0.4) is 0 Å². The minimum atomic E-state index is 0.369. The van der Waals surface area contributed by atoms with Gasteiger partial charge in [-0.15, -0.1) is 0 Å². The van der Waals surface area contributed by atoms with Gasteiger partial charge in [-0.3, -0.25) is 0 Å². The van der Waals surface area contributed by atoms with Gasteiger partial charge in [0.25, 0.3) is 0 Å². The molecule has 1 aromatic carbocycles. The molecule has 96 valence electrons. The van der Waals surface area contributed by atoms with Crippen molar-refractivity contribution in [3.63, 3.8) is 0 Å². The molecule has 1 saturated heterocycles. The molecule has 1 aromatic heterocycles. The van der Waals surface area contributed by atoms with E-state index in [2.05, 4.69) is 10.3 Å². The number of rotatable bonds is 4. The smallest absolute Gasteiger partial charge is 0.0705 e. The van der Waals surface area contributed by atoms with Gasteiger partial charge in [0.15, 0.2) is 0 Å². The summed E-state index contributed by atoms with van der Waals surface area (Å²) in [6, 6.07) is 8.10. The molecule has 1 fully saturated rings. The Bertz CT molecular complexity index is 532. The van der Waals surface area contributed by atoms with E-state index in [9.17, 15) is 0 Å². The number of fused-ring (bicyclic) bond motifs is 1. The zero-order valence-corrected chi connectivity index (χ0v) is 11.0. The summed E-state index contributed by atoms with van der Waals surface area (Å²) in [4.78, 5) is 3.35. The number of aromatic amines is 1. The normalized spacial score (nSPS) is 19.7. The first-order valence-corrected chi connectivity index (χ1v) is 6.80. The topological polar surface area (TPSA) is 37.0 Å².